The van der Waals surface area contributed by atoms with Crippen molar-refractivity contribution in [3.63, 3.8) is 0 Å². The molecular weight excluding hydrogens is 186 g/mol. The van der Waals surface area contributed by atoms with Gasteiger partial charge in [-0.05, 0) is 24.3 Å². The molecule has 0 spiro atoms. The maximum atomic E-state index is 4.41. The van der Waals surface area contributed by atoms with E-state index >= 15 is 0 Å². The van der Waals surface area contributed by atoms with Crippen LogP contribution in [0.1, 0.15) is 17.4 Å². The number of nitrogens with one attached hydrogen (secondary N) is 1. The average Bonchev–Trinajstić information content (AvgIpc) is 2.78. The third kappa shape index (κ3) is 1.45. The van der Waals surface area contributed by atoms with Gasteiger partial charge in [0.15, 0.2) is 0 Å². The predicted octanol–water partition coefficient (Wildman–Crippen LogP) is 1.58. The second kappa shape index (κ2) is 3.51. The summed E-state index contributed by atoms with van der Waals surface area (Å²) in [5.74, 6) is 0. The van der Waals surface area contributed by atoms with Crippen molar-refractivity contribution in [2.45, 2.75) is 12.6 Å². The van der Waals surface area contributed by atoms with Crippen LogP contribution in [0, 0.1) is 0 Å². The highest BCUT2D eigenvalue weighted by molar-refractivity contribution is 5.24. The number of nitrogens with zero attached hydrogens (tertiary/aromatic N) is 2. The van der Waals surface area contributed by atoms with Gasteiger partial charge in [-0.15, -0.1) is 0 Å². The Morgan fingerprint density at radius 3 is 3.13 bits per heavy atom. The first-order valence-corrected chi connectivity index (χ1v) is 5.24. The quantitative estimate of drug-likeness (QED) is 0.755. The molecule has 2 aromatic rings. The Kier molecular flexibility index (Phi) is 2.03. The van der Waals surface area contributed by atoms with E-state index in [0.717, 1.165) is 18.8 Å². The van der Waals surface area contributed by atoms with Gasteiger partial charge in [0.1, 0.15) is 0 Å². The fourth-order valence-corrected chi connectivity index (χ4v) is 2.13. The topological polar surface area (TPSA) is 29.9 Å². The summed E-state index contributed by atoms with van der Waals surface area (Å²) >= 11 is 0. The van der Waals surface area contributed by atoms with Crippen molar-refractivity contribution in [1.82, 2.24) is 14.9 Å². The summed E-state index contributed by atoms with van der Waals surface area (Å²) < 4.78 is 2.29. The van der Waals surface area contributed by atoms with Crippen LogP contribution in [0.25, 0.3) is 0 Å². The number of pyridine rings is 1. The molecule has 1 atom stereocenters. The fraction of sp³-hybridized carbons (Fsp3) is 0.250. The molecule has 76 valence electrons. The molecule has 0 amide bonds. The van der Waals surface area contributed by atoms with Gasteiger partial charge in [0.25, 0.3) is 0 Å². The minimum Gasteiger partial charge on any atom is -0.348 e. The Morgan fingerprint density at radius 2 is 2.27 bits per heavy atom. The van der Waals surface area contributed by atoms with Gasteiger partial charge < -0.3 is 9.88 Å². The van der Waals surface area contributed by atoms with E-state index in [1.807, 2.05) is 18.3 Å². The van der Waals surface area contributed by atoms with Crippen molar-refractivity contribution in [1.29, 1.82) is 0 Å². The average molecular weight is 199 g/mol. The summed E-state index contributed by atoms with van der Waals surface area (Å²) in [6.45, 7) is 2.05. The highest BCUT2D eigenvalue weighted by Crippen LogP contribution is 2.23. The molecule has 3 heteroatoms. The van der Waals surface area contributed by atoms with Crippen LogP contribution in [0.4, 0.5) is 0 Å². The van der Waals surface area contributed by atoms with Gasteiger partial charge in [-0.2, -0.15) is 0 Å². The predicted molar refractivity (Wildman–Crippen MR) is 58.5 cm³/mol. The van der Waals surface area contributed by atoms with E-state index < -0.39 is 0 Å². The Labute approximate surface area is 88.8 Å². The SMILES string of the molecule is c1ccc([C@@H]2NCCn3cccc32)nc1. The molecule has 0 aromatic carbocycles. The van der Waals surface area contributed by atoms with Crippen molar-refractivity contribution in [3.05, 3.63) is 54.1 Å². The minimum atomic E-state index is 0.245. The lowest BCUT2D eigenvalue weighted by atomic mass is 10.1. The second-order valence-corrected chi connectivity index (χ2v) is 3.77. The van der Waals surface area contributed by atoms with Crippen LogP contribution in [-0.4, -0.2) is 16.1 Å². The molecule has 15 heavy (non-hydrogen) atoms. The Hall–Kier alpha value is -1.61. The van der Waals surface area contributed by atoms with E-state index in [0.29, 0.717) is 0 Å². The van der Waals surface area contributed by atoms with Crippen LogP contribution in [0.2, 0.25) is 0 Å². The lowest BCUT2D eigenvalue weighted by molar-refractivity contribution is 0.461. The lowest BCUT2D eigenvalue weighted by Crippen LogP contribution is -2.33. The molecule has 0 aliphatic carbocycles. The van der Waals surface area contributed by atoms with Crippen LogP contribution in [-0.2, 0) is 6.54 Å². The van der Waals surface area contributed by atoms with Gasteiger partial charge in [0.2, 0.25) is 0 Å². The Morgan fingerprint density at radius 1 is 1.27 bits per heavy atom. The normalized spacial score (nSPS) is 19.9. The molecule has 0 bridgehead atoms. The molecule has 1 aliphatic rings. The van der Waals surface area contributed by atoms with Crippen LogP contribution in [0.15, 0.2) is 42.7 Å². The fourth-order valence-electron chi connectivity index (χ4n) is 2.13. The summed E-state index contributed by atoms with van der Waals surface area (Å²) in [6, 6.07) is 10.6. The van der Waals surface area contributed by atoms with Gasteiger partial charge >= 0.3 is 0 Å². The molecule has 3 heterocycles. The van der Waals surface area contributed by atoms with Gasteiger partial charge in [-0.25, -0.2) is 0 Å². The van der Waals surface area contributed by atoms with Crippen molar-refractivity contribution in [3.8, 4) is 0 Å². The van der Waals surface area contributed by atoms with E-state index in [9.17, 15) is 0 Å². The third-order valence-corrected chi connectivity index (χ3v) is 2.85. The molecule has 0 saturated carbocycles. The first-order chi connectivity index (χ1) is 7.45. The van der Waals surface area contributed by atoms with Crippen LogP contribution in [0.5, 0.6) is 0 Å². The summed E-state index contributed by atoms with van der Waals surface area (Å²) in [5, 5.41) is 3.49. The molecule has 0 fully saturated rings. The first-order valence-electron chi connectivity index (χ1n) is 5.24. The third-order valence-electron chi connectivity index (χ3n) is 2.85. The number of rotatable bonds is 1. The van der Waals surface area contributed by atoms with Crippen molar-refractivity contribution < 1.29 is 0 Å². The highest BCUT2D eigenvalue weighted by Gasteiger charge is 2.21. The van der Waals surface area contributed by atoms with Crippen molar-refractivity contribution in [2.24, 2.45) is 0 Å². The zero-order valence-corrected chi connectivity index (χ0v) is 8.43. The first kappa shape index (κ1) is 8.68. The molecule has 2 aromatic heterocycles. The number of aromatic nitrogens is 2. The number of hydrogen-bond acceptors (Lipinski definition) is 2. The van der Waals surface area contributed by atoms with E-state index in [4.69, 9.17) is 0 Å². The van der Waals surface area contributed by atoms with Crippen LogP contribution in [0.3, 0.4) is 0 Å². The molecule has 1 N–H and O–H groups in total. The van der Waals surface area contributed by atoms with Crippen molar-refractivity contribution in [2.75, 3.05) is 6.54 Å². The van der Waals surface area contributed by atoms with Crippen LogP contribution >= 0.6 is 0 Å². The minimum absolute atomic E-state index is 0.245. The highest BCUT2D eigenvalue weighted by atomic mass is 15.1. The Balaban J connectivity index is 2.03. The molecule has 1 aliphatic heterocycles. The number of fused-ring (bicyclic) bond motifs is 1. The number of hydrogen-bond donors (Lipinski definition) is 1. The zero-order valence-electron chi connectivity index (χ0n) is 8.43. The summed E-state index contributed by atoms with van der Waals surface area (Å²) in [4.78, 5) is 4.41. The van der Waals surface area contributed by atoms with Gasteiger partial charge in [-0.1, -0.05) is 6.07 Å². The molecule has 0 unspecified atom stereocenters. The zero-order chi connectivity index (χ0) is 10.1. The van der Waals surface area contributed by atoms with E-state index in [1.165, 1.54) is 5.69 Å². The molecule has 3 rings (SSSR count). The smallest absolute Gasteiger partial charge is 0.0905 e. The summed E-state index contributed by atoms with van der Waals surface area (Å²) in [7, 11) is 0. The van der Waals surface area contributed by atoms with E-state index in [2.05, 4.69) is 39.3 Å². The molecule has 0 radical (unpaired) electrons. The second-order valence-electron chi connectivity index (χ2n) is 3.77. The van der Waals surface area contributed by atoms with Crippen LogP contribution < -0.4 is 5.32 Å². The van der Waals surface area contributed by atoms with E-state index in [-0.39, 0.29) is 6.04 Å². The molecule has 0 saturated heterocycles. The van der Waals surface area contributed by atoms with Crippen molar-refractivity contribution >= 4 is 0 Å². The molecular formula is C12H13N3. The van der Waals surface area contributed by atoms with Gasteiger partial charge in [0, 0.05) is 31.2 Å². The summed E-state index contributed by atoms with van der Waals surface area (Å²) in [6.07, 6.45) is 3.98. The van der Waals surface area contributed by atoms with E-state index in [1.54, 1.807) is 0 Å². The summed E-state index contributed by atoms with van der Waals surface area (Å²) in [5.41, 5.74) is 2.40. The standard InChI is InChI=1S/C12H13N3/c1-2-6-13-10(4-1)12-11-5-3-8-15(11)9-7-14-12/h1-6,8,12,14H,7,9H2/t12-/m0/s1. The maximum Gasteiger partial charge on any atom is 0.0905 e. The van der Waals surface area contributed by atoms with Gasteiger partial charge in [0.05, 0.1) is 11.7 Å². The lowest BCUT2D eigenvalue weighted by Gasteiger charge is -2.25. The maximum absolute atomic E-state index is 4.41. The molecule has 3 nitrogen and oxygen atoms in total. The Bertz CT molecular complexity index is 447. The largest absolute Gasteiger partial charge is 0.348 e. The monoisotopic (exact) mass is 199 g/mol. The van der Waals surface area contributed by atoms with Gasteiger partial charge in [-0.3, -0.25) is 4.98 Å².